The molecule has 90 valence electrons. The average Bonchev–Trinajstić information content (AvgIpc) is 2.14. The van der Waals surface area contributed by atoms with Crippen molar-refractivity contribution < 1.29 is 4.79 Å². The summed E-state index contributed by atoms with van der Waals surface area (Å²) in [6.45, 7) is 4.32. The molecule has 0 bridgehead atoms. The maximum atomic E-state index is 11.2. The summed E-state index contributed by atoms with van der Waals surface area (Å²) in [7, 11) is 7.80. The van der Waals surface area contributed by atoms with Crippen LogP contribution in [0.2, 0.25) is 0 Å². The molecule has 1 unspecified atom stereocenters. The number of nitrogens with one attached hydrogen (secondary N) is 1. The summed E-state index contributed by atoms with van der Waals surface area (Å²) >= 11 is 0. The minimum Gasteiger partial charge on any atom is -0.368 e. The molecule has 0 fully saturated rings. The largest absolute Gasteiger partial charge is 0.368 e. The van der Waals surface area contributed by atoms with Crippen molar-refractivity contribution in [3.63, 3.8) is 0 Å². The Labute approximate surface area is 92.6 Å². The Morgan fingerprint density at radius 3 is 2.20 bits per heavy atom. The minimum atomic E-state index is -0.652. The molecule has 5 nitrogen and oxygen atoms in total. The standard InChI is InChI=1S/C10H24N4O/c1-10(12-2,9(11)15)8-14(5)7-6-13(3)4/h12H,6-8H2,1-5H3,(H2,11,15). The summed E-state index contributed by atoms with van der Waals surface area (Å²) in [5, 5.41) is 2.97. The molecule has 0 aliphatic carbocycles. The fourth-order valence-electron chi connectivity index (χ4n) is 1.27. The second kappa shape index (κ2) is 6.05. The van der Waals surface area contributed by atoms with Crippen LogP contribution in [0, 0.1) is 0 Å². The quantitative estimate of drug-likeness (QED) is 0.570. The van der Waals surface area contributed by atoms with Crippen LogP contribution in [-0.2, 0) is 4.79 Å². The first-order chi connectivity index (χ1) is 6.81. The molecule has 5 heteroatoms. The van der Waals surface area contributed by atoms with Crippen molar-refractivity contribution in [2.24, 2.45) is 5.73 Å². The minimum absolute atomic E-state index is 0.318. The van der Waals surface area contributed by atoms with Crippen molar-refractivity contribution in [3.8, 4) is 0 Å². The van der Waals surface area contributed by atoms with E-state index in [2.05, 4.69) is 15.1 Å². The van der Waals surface area contributed by atoms with E-state index < -0.39 is 5.54 Å². The number of likely N-dealkylation sites (N-methyl/N-ethyl adjacent to an activating group) is 3. The second-order valence-electron chi connectivity index (χ2n) is 4.49. The van der Waals surface area contributed by atoms with Gasteiger partial charge in [0.2, 0.25) is 5.91 Å². The van der Waals surface area contributed by atoms with Crippen LogP contribution in [0.1, 0.15) is 6.92 Å². The molecule has 0 heterocycles. The zero-order chi connectivity index (χ0) is 12.1. The van der Waals surface area contributed by atoms with E-state index >= 15 is 0 Å². The number of nitrogens with zero attached hydrogens (tertiary/aromatic N) is 2. The Morgan fingerprint density at radius 1 is 1.33 bits per heavy atom. The van der Waals surface area contributed by atoms with Gasteiger partial charge in [0, 0.05) is 19.6 Å². The van der Waals surface area contributed by atoms with E-state index in [0.29, 0.717) is 6.54 Å². The van der Waals surface area contributed by atoms with E-state index in [1.807, 2.05) is 28.1 Å². The number of amides is 1. The van der Waals surface area contributed by atoms with Crippen molar-refractivity contribution in [1.29, 1.82) is 0 Å². The third kappa shape index (κ3) is 5.11. The van der Waals surface area contributed by atoms with E-state index in [0.717, 1.165) is 13.1 Å². The van der Waals surface area contributed by atoms with Gasteiger partial charge in [-0.05, 0) is 35.1 Å². The number of hydrogen-bond donors (Lipinski definition) is 2. The Hall–Kier alpha value is -0.650. The third-order valence-electron chi connectivity index (χ3n) is 2.61. The molecule has 3 N–H and O–H groups in total. The number of primary amides is 1. The van der Waals surface area contributed by atoms with Gasteiger partial charge >= 0.3 is 0 Å². The fraction of sp³-hybridized carbons (Fsp3) is 0.900. The van der Waals surface area contributed by atoms with Gasteiger partial charge in [0.1, 0.15) is 5.54 Å². The zero-order valence-corrected chi connectivity index (χ0v) is 10.5. The topological polar surface area (TPSA) is 61.6 Å². The lowest BCUT2D eigenvalue weighted by Crippen LogP contribution is -2.58. The third-order valence-corrected chi connectivity index (χ3v) is 2.61. The molecule has 0 aliphatic heterocycles. The monoisotopic (exact) mass is 216 g/mol. The Kier molecular flexibility index (Phi) is 5.79. The van der Waals surface area contributed by atoms with E-state index in [1.54, 1.807) is 7.05 Å². The lowest BCUT2D eigenvalue weighted by Gasteiger charge is -2.31. The molecule has 0 saturated carbocycles. The van der Waals surface area contributed by atoms with Crippen molar-refractivity contribution in [3.05, 3.63) is 0 Å². The first-order valence-electron chi connectivity index (χ1n) is 5.14. The van der Waals surface area contributed by atoms with Gasteiger partial charge in [-0.1, -0.05) is 0 Å². The lowest BCUT2D eigenvalue weighted by atomic mass is 10.0. The molecule has 15 heavy (non-hydrogen) atoms. The van der Waals surface area contributed by atoms with E-state index in [-0.39, 0.29) is 5.91 Å². The van der Waals surface area contributed by atoms with E-state index in [9.17, 15) is 4.79 Å². The molecule has 0 aromatic heterocycles. The van der Waals surface area contributed by atoms with Gasteiger partial charge in [0.05, 0.1) is 0 Å². The molecule has 0 saturated heterocycles. The van der Waals surface area contributed by atoms with Crippen molar-refractivity contribution in [2.45, 2.75) is 12.5 Å². The van der Waals surface area contributed by atoms with Crippen LogP contribution in [0.15, 0.2) is 0 Å². The summed E-state index contributed by atoms with van der Waals surface area (Å²) in [6, 6.07) is 0. The van der Waals surface area contributed by atoms with Crippen molar-refractivity contribution >= 4 is 5.91 Å². The Balaban J connectivity index is 4.13. The van der Waals surface area contributed by atoms with Gasteiger partial charge in [-0.25, -0.2) is 0 Å². The normalized spacial score (nSPS) is 15.7. The average molecular weight is 216 g/mol. The van der Waals surface area contributed by atoms with E-state index in [4.69, 9.17) is 5.73 Å². The van der Waals surface area contributed by atoms with Crippen LogP contribution >= 0.6 is 0 Å². The predicted molar refractivity (Wildman–Crippen MR) is 62.7 cm³/mol. The van der Waals surface area contributed by atoms with Gasteiger partial charge in [0.15, 0.2) is 0 Å². The first-order valence-corrected chi connectivity index (χ1v) is 5.14. The van der Waals surface area contributed by atoms with Crippen LogP contribution < -0.4 is 11.1 Å². The Bertz CT molecular complexity index is 208. The second-order valence-corrected chi connectivity index (χ2v) is 4.49. The van der Waals surface area contributed by atoms with Crippen LogP contribution in [0.4, 0.5) is 0 Å². The maximum Gasteiger partial charge on any atom is 0.238 e. The number of carbonyl (C=O) groups excluding carboxylic acids is 1. The lowest BCUT2D eigenvalue weighted by molar-refractivity contribution is -0.124. The highest BCUT2D eigenvalue weighted by atomic mass is 16.1. The smallest absolute Gasteiger partial charge is 0.238 e. The molecule has 0 radical (unpaired) electrons. The van der Waals surface area contributed by atoms with Crippen LogP contribution in [0.5, 0.6) is 0 Å². The summed E-state index contributed by atoms with van der Waals surface area (Å²) in [5.41, 5.74) is 4.70. The number of carbonyl (C=O) groups is 1. The highest BCUT2D eigenvalue weighted by Gasteiger charge is 2.30. The predicted octanol–water partition coefficient (Wildman–Crippen LogP) is -1.06. The number of nitrogens with two attached hydrogens (primary N) is 1. The summed E-state index contributed by atoms with van der Waals surface area (Å²) in [5.74, 6) is -0.318. The van der Waals surface area contributed by atoms with Gasteiger partial charge < -0.3 is 20.9 Å². The highest BCUT2D eigenvalue weighted by molar-refractivity contribution is 5.84. The molecule has 1 amide bonds. The first kappa shape index (κ1) is 14.3. The van der Waals surface area contributed by atoms with Crippen molar-refractivity contribution in [2.75, 3.05) is 47.8 Å². The van der Waals surface area contributed by atoms with Crippen LogP contribution in [0.3, 0.4) is 0 Å². The maximum absolute atomic E-state index is 11.2. The summed E-state index contributed by atoms with van der Waals surface area (Å²) < 4.78 is 0. The molecule has 0 aromatic rings. The number of rotatable bonds is 7. The molecule has 0 spiro atoms. The summed E-state index contributed by atoms with van der Waals surface area (Å²) in [4.78, 5) is 15.5. The van der Waals surface area contributed by atoms with Crippen LogP contribution in [-0.4, -0.2) is 69.1 Å². The molecular weight excluding hydrogens is 192 g/mol. The number of hydrogen-bond acceptors (Lipinski definition) is 4. The molecule has 1 atom stereocenters. The van der Waals surface area contributed by atoms with Gasteiger partial charge in [0.25, 0.3) is 0 Å². The summed E-state index contributed by atoms with van der Waals surface area (Å²) in [6.07, 6.45) is 0. The molecule has 0 rings (SSSR count). The van der Waals surface area contributed by atoms with Crippen LogP contribution in [0.25, 0.3) is 0 Å². The molecule has 0 aromatic carbocycles. The SMILES string of the molecule is CNC(C)(CN(C)CCN(C)C)C(N)=O. The fourth-order valence-corrected chi connectivity index (χ4v) is 1.27. The van der Waals surface area contributed by atoms with Gasteiger partial charge in [-0.15, -0.1) is 0 Å². The van der Waals surface area contributed by atoms with Gasteiger partial charge in [-0.2, -0.15) is 0 Å². The van der Waals surface area contributed by atoms with E-state index in [1.165, 1.54) is 0 Å². The van der Waals surface area contributed by atoms with Crippen molar-refractivity contribution in [1.82, 2.24) is 15.1 Å². The molecule has 0 aliphatic rings. The Morgan fingerprint density at radius 2 is 1.87 bits per heavy atom. The van der Waals surface area contributed by atoms with Gasteiger partial charge in [-0.3, -0.25) is 4.79 Å². The highest BCUT2D eigenvalue weighted by Crippen LogP contribution is 2.03. The molecular formula is C10H24N4O. The zero-order valence-electron chi connectivity index (χ0n) is 10.5.